The minimum atomic E-state index is -3.37. The van der Waals surface area contributed by atoms with Crippen molar-refractivity contribution in [3.8, 4) is 44.5 Å². The van der Waals surface area contributed by atoms with Gasteiger partial charge < -0.3 is 0 Å². The Kier molecular flexibility index (Phi) is 6.55. The molecule has 1 aliphatic carbocycles. The Hall–Kier alpha value is -5.90. The molecule has 0 N–H and O–H groups in total. The zero-order chi connectivity index (χ0) is 35.3. The van der Waals surface area contributed by atoms with Crippen molar-refractivity contribution in [3.05, 3.63) is 199 Å². The number of hydrogen-bond donors (Lipinski definition) is 0. The molecule has 0 atom stereocenters. The molecular weight excluding hydrogens is 699 g/mol. The van der Waals surface area contributed by atoms with E-state index in [1.54, 1.807) is 13.2 Å². The molecule has 0 saturated heterocycles. The van der Waals surface area contributed by atoms with Crippen molar-refractivity contribution in [2.24, 2.45) is 0 Å². The van der Waals surface area contributed by atoms with Gasteiger partial charge in [-0.05, 0) is 0 Å². The summed E-state index contributed by atoms with van der Waals surface area (Å²) in [7, 11) is 0. The molecule has 0 amide bonds. The SMILES string of the molecule is CC1(C)c2ccccc2-c2ccc(N(c3cccc(-c4ccccc4)c3)c3ccc4[c](c3)[Ge]3([c]5ccccc5-c5cccc[c]53)[c]3ccccc3-4)cc21. The van der Waals surface area contributed by atoms with Crippen molar-refractivity contribution in [1.29, 1.82) is 0 Å². The predicted octanol–water partition coefficient (Wildman–Crippen LogP) is 10.5. The van der Waals surface area contributed by atoms with Gasteiger partial charge in [-0.2, -0.15) is 0 Å². The van der Waals surface area contributed by atoms with Gasteiger partial charge in [0.2, 0.25) is 0 Å². The van der Waals surface area contributed by atoms with Gasteiger partial charge in [-0.1, -0.05) is 0 Å². The molecule has 0 fully saturated rings. The maximum absolute atomic E-state index is 3.37. The molecule has 0 saturated carbocycles. The third-order valence-corrected chi connectivity index (χ3v) is 22.7. The Balaban J connectivity index is 1.17. The van der Waals surface area contributed by atoms with Gasteiger partial charge in [0.1, 0.15) is 0 Å². The fourth-order valence-electron chi connectivity index (χ4n) is 9.96. The average molecular weight is 736 g/mol. The molecule has 11 rings (SSSR count). The Morgan fingerprint density at radius 1 is 0.340 bits per heavy atom. The van der Waals surface area contributed by atoms with Crippen LogP contribution in [0.1, 0.15) is 25.0 Å². The first kappa shape index (κ1) is 30.7. The first-order chi connectivity index (χ1) is 26.0. The molecule has 1 spiro atoms. The second-order valence-electron chi connectivity index (χ2n) is 15.3. The molecule has 8 aromatic carbocycles. The summed E-state index contributed by atoms with van der Waals surface area (Å²) in [5, 5.41) is 0. The molecule has 2 aliphatic heterocycles. The summed E-state index contributed by atoms with van der Waals surface area (Å²) in [5.41, 5.74) is 16.9. The molecule has 0 bridgehead atoms. The van der Waals surface area contributed by atoms with E-state index in [0.29, 0.717) is 0 Å². The predicted molar refractivity (Wildman–Crippen MR) is 226 cm³/mol. The summed E-state index contributed by atoms with van der Waals surface area (Å²) in [6.45, 7) is 4.75. The van der Waals surface area contributed by atoms with Crippen LogP contribution in [0.5, 0.6) is 0 Å². The van der Waals surface area contributed by atoms with Crippen LogP contribution in [0.15, 0.2) is 188 Å². The summed E-state index contributed by atoms with van der Waals surface area (Å²) in [5.74, 6) is 0. The van der Waals surface area contributed by atoms with E-state index in [-0.39, 0.29) is 5.41 Å². The van der Waals surface area contributed by atoms with Gasteiger partial charge in [-0.15, -0.1) is 0 Å². The van der Waals surface area contributed by atoms with Crippen LogP contribution in [-0.2, 0) is 5.41 Å². The zero-order valence-electron chi connectivity index (χ0n) is 29.8. The van der Waals surface area contributed by atoms with Gasteiger partial charge in [-0.3, -0.25) is 0 Å². The number of fused-ring (bicyclic) bond motifs is 13. The van der Waals surface area contributed by atoms with E-state index in [1.165, 1.54) is 71.4 Å². The molecule has 2 heterocycles. The molecule has 0 aromatic heterocycles. The van der Waals surface area contributed by atoms with Gasteiger partial charge in [0.25, 0.3) is 0 Å². The molecule has 1 nitrogen and oxygen atoms in total. The number of nitrogens with zero attached hydrogens (tertiary/aromatic N) is 1. The van der Waals surface area contributed by atoms with Crippen molar-refractivity contribution in [3.63, 3.8) is 0 Å². The van der Waals surface area contributed by atoms with E-state index in [0.717, 1.165) is 5.69 Å². The number of benzene rings is 8. The second-order valence-corrected chi connectivity index (χ2v) is 22.9. The summed E-state index contributed by atoms with van der Waals surface area (Å²) in [6, 6.07) is 71.1. The molecule has 0 unspecified atom stereocenters. The first-order valence-corrected chi connectivity index (χ1v) is 22.9. The third kappa shape index (κ3) is 4.20. The van der Waals surface area contributed by atoms with Gasteiger partial charge in [0.05, 0.1) is 0 Å². The molecule has 3 aliphatic rings. The average Bonchev–Trinajstić information content (AvgIpc) is 3.77. The normalized spacial score (nSPS) is 14.5. The van der Waals surface area contributed by atoms with Crippen molar-refractivity contribution in [2.45, 2.75) is 19.3 Å². The van der Waals surface area contributed by atoms with Crippen LogP contribution >= 0.6 is 0 Å². The van der Waals surface area contributed by atoms with Gasteiger partial charge in [0.15, 0.2) is 0 Å². The van der Waals surface area contributed by atoms with Crippen LogP contribution in [0, 0.1) is 0 Å². The quantitative estimate of drug-likeness (QED) is 0.163. The van der Waals surface area contributed by atoms with Crippen molar-refractivity contribution in [2.75, 3.05) is 4.90 Å². The van der Waals surface area contributed by atoms with E-state index in [1.807, 2.05) is 0 Å². The maximum atomic E-state index is 2.58. The first-order valence-electron chi connectivity index (χ1n) is 18.7. The van der Waals surface area contributed by atoms with Crippen molar-refractivity contribution >= 4 is 47.9 Å². The summed E-state index contributed by atoms with van der Waals surface area (Å²) in [4.78, 5) is 2.51. The standard InChI is InChI=1S/C51H37GeN/c1-51(2)45-23-10-6-19-39(45)40-29-27-37(32-46(40)51)53(36-18-14-17-35(31-36)34-15-4-3-5-16-34)38-28-30-44-43-22-9-13-26-49(43)52(50(44)33-38)47-24-11-7-20-41(47)42-21-8-12-25-48(42)52/h3-33H,1-2H3. The van der Waals surface area contributed by atoms with Gasteiger partial charge >= 0.3 is 316 Å². The molecule has 8 aromatic rings. The molecule has 53 heavy (non-hydrogen) atoms. The van der Waals surface area contributed by atoms with E-state index < -0.39 is 13.3 Å². The van der Waals surface area contributed by atoms with E-state index in [2.05, 4.69) is 207 Å². The van der Waals surface area contributed by atoms with Gasteiger partial charge in [-0.25, -0.2) is 0 Å². The molecule has 250 valence electrons. The summed E-state index contributed by atoms with van der Waals surface area (Å²) < 4.78 is 6.17. The zero-order valence-corrected chi connectivity index (χ0v) is 31.9. The van der Waals surface area contributed by atoms with Crippen LogP contribution in [0.3, 0.4) is 0 Å². The molecular formula is C51H37GeN. The third-order valence-electron chi connectivity index (χ3n) is 12.3. The Morgan fingerprint density at radius 3 is 1.47 bits per heavy atom. The van der Waals surface area contributed by atoms with E-state index in [9.17, 15) is 0 Å². The molecule has 0 radical (unpaired) electrons. The van der Waals surface area contributed by atoms with E-state index >= 15 is 0 Å². The Morgan fingerprint density at radius 2 is 0.811 bits per heavy atom. The fourth-order valence-corrected chi connectivity index (χ4v) is 21.8. The van der Waals surface area contributed by atoms with Crippen LogP contribution in [0.2, 0.25) is 0 Å². The number of anilines is 3. The summed E-state index contributed by atoms with van der Waals surface area (Å²) in [6.07, 6.45) is 0. The monoisotopic (exact) mass is 737 g/mol. The topological polar surface area (TPSA) is 3.24 Å². The van der Waals surface area contributed by atoms with Crippen LogP contribution in [-0.4, -0.2) is 13.3 Å². The second kappa shape index (κ2) is 11.3. The Bertz CT molecular complexity index is 2710. The van der Waals surface area contributed by atoms with E-state index in [4.69, 9.17) is 0 Å². The summed E-state index contributed by atoms with van der Waals surface area (Å²) >= 11 is -3.37. The van der Waals surface area contributed by atoms with Crippen LogP contribution in [0.25, 0.3) is 44.5 Å². The number of hydrogen-bond acceptors (Lipinski definition) is 1. The van der Waals surface area contributed by atoms with Crippen molar-refractivity contribution in [1.82, 2.24) is 0 Å². The fraction of sp³-hybridized carbons (Fsp3) is 0.0588. The van der Waals surface area contributed by atoms with Crippen LogP contribution in [0.4, 0.5) is 17.1 Å². The van der Waals surface area contributed by atoms with Gasteiger partial charge in [0, 0.05) is 0 Å². The molecule has 2 heteroatoms. The van der Waals surface area contributed by atoms with Crippen molar-refractivity contribution < 1.29 is 0 Å². The Labute approximate surface area is 314 Å². The minimum absolute atomic E-state index is 0.101. The van der Waals surface area contributed by atoms with Crippen LogP contribution < -0.4 is 22.5 Å². The number of rotatable bonds is 4.